The van der Waals surface area contributed by atoms with Crippen LogP contribution in [0.1, 0.15) is 13.8 Å². The minimum atomic E-state index is -0.910. The number of carboxylic acids is 1. The Labute approximate surface area is 54.0 Å². The summed E-state index contributed by atoms with van der Waals surface area (Å²) in [5.41, 5.74) is 2.20. The molecule has 0 amide bonds. The van der Waals surface area contributed by atoms with Crippen molar-refractivity contribution in [3.05, 3.63) is 0 Å². The van der Waals surface area contributed by atoms with E-state index >= 15 is 0 Å². The Kier molecular flexibility index (Phi) is 3.19. The van der Waals surface area contributed by atoms with Gasteiger partial charge in [-0.2, -0.15) is 0 Å². The molecule has 4 heteroatoms. The summed E-state index contributed by atoms with van der Waals surface area (Å²) in [6.07, 6.45) is 0. The van der Waals surface area contributed by atoms with Crippen molar-refractivity contribution in [3.8, 4) is 0 Å². The van der Waals surface area contributed by atoms with Crippen LogP contribution in [0.3, 0.4) is 0 Å². The van der Waals surface area contributed by atoms with Crippen molar-refractivity contribution in [2.45, 2.75) is 19.9 Å². The van der Waals surface area contributed by atoms with E-state index in [4.69, 9.17) is 10.9 Å². The van der Waals surface area contributed by atoms with Crippen molar-refractivity contribution in [3.63, 3.8) is 0 Å². The molecule has 0 heterocycles. The van der Waals surface area contributed by atoms with Gasteiger partial charge in [0.05, 0.1) is 0 Å². The lowest BCUT2D eigenvalue weighted by molar-refractivity contribution is -0.140. The molecule has 1 unspecified atom stereocenters. The fraction of sp³-hybridized carbons (Fsp3) is 0.800. The summed E-state index contributed by atoms with van der Waals surface area (Å²) in [5.74, 6) is 4.05. The zero-order chi connectivity index (χ0) is 7.44. The van der Waals surface area contributed by atoms with Crippen LogP contribution < -0.4 is 11.3 Å². The van der Waals surface area contributed by atoms with Crippen molar-refractivity contribution in [1.29, 1.82) is 0 Å². The zero-order valence-corrected chi connectivity index (χ0v) is 5.59. The summed E-state index contributed by atoms with van der Waals surface area (Å²) in [6.45, 7) is 3.58. The summed E-state index contributed by atoms with van der Waals surface area (Å²) < 4.78 is 0. The third-order valence-electron chi connectivity index (χ3n) is 1.11. The summed E-state index contributed by atoms with van der Waals surface area (Å²) in [4.78, 5) is 10.2. The second kappa shape index (κ2) is 3.42. The Morgan fingerprint density at radius 1 is 1.67 bits per heavy atom. The van der Waals surface area contributed by atoms with Crippen LogP contribution in [-0.2, 0) is 4.79 Å². The largest absolute Gasteiger partial charge is 0.480 e. The smallest absolute Gasteiger partial charge is 0.322 e. The van der Waals surface area contributed by atoms with Crippen LogP contribution in [0.25, 0.3) is 0 Å². The van der Waals surface area contributed by atoms with E-state index in [1.807, 2.05) is 0 Å². The van der Waals surface area contributed by atoms with E-state index in [-0.39, 0.29) is 5.92 Å². The molecule has 0 saturated heterocycles. The summed E-state index contributed by atoms with van der Waals surface area (Å²) in [6, 6.07) is -0.634. The molecule has 54 valence electrons. The molecule has 0 bridgehead atoms. The standard InChI is InChI=1S/C5H12N2O2/c1-3(2)4(7-6)5(8)9/h3-4,7H,6H2,1-2H3,(H,8,9). The third-order valence-corrected chi connectivity index (χ3v) is 1.11. The van der Waals surface area contributed by atoms with Gasteiger partial charge in [-0.15, -0.1) is 0 Å². The van der Waals surface area contributed by atoms with Crippen LogP contribution in [0.15, 0.2) is 0 Å². The molecule has 0 saturated carbocycles. The Morgan fingerprint density at radius 2 is 2.11 bits per heavy atom. The van der Waals surface area contributed by atoms with E-state index < -0.39 is 12.0 Å². The molecule has 0 aromatic rings. The predicted molar refractivity (Wildman–Crippen MR) is 33.6 cm³/mol. The van der Waals surface area contributed by atoms with Crippen molar-refractivity contribution in [2.24, 2.45) is 11.8 Å². The van der Waals surface area contributed by atoms with E-state index in [9.17, 15) is 4.79 Å². The average molecular weight is 132 g/mol. The van der Waals surface area contributed by atoms with Crippen LogP contribution >= 0.6 is 0 Å². The van der Waals surface area contributed by atoms with Crippen molar-refractivity contribution >= 4 is 5.97 Å². The van der Waals surface area contributed by atoms with E-state index in [1.54, 1.807) is 13.8 Å². The highest BCUT2D eigenvalue weighted by Crippen LogP contribution is 1.98. The molecule has 0 aromatic carbocycles. The molecule has 1 atom stereocenters. The number of hydrogen-bond acceptors (Lipinski definition) is 3. The molecular weight excluding hydrogens is 120 g/mol. The quantitative estimate of drug-likeness (QED) is 0.359. The van der Waals surface area contributed by atoms with Crippen LogP contribution in [0.4, 0.5) is 0 Å². The van der Waals surface area contributed by atoms with Crippen molar-refractivity contribution < 1.29 is 9.90 Å². The Bertz CT molecular complexity index is 103. The van der Waals surface area contributed by atoms with Gasteiger partial charge in [-0.05, 0) is 5.92 Å². The monoisotopic (exact) mass is 132 g/mol. The minimum absolute atomic E-state index is 0.0208. The third kappa shape index (κ3) is 2.43. The lowest BCUT2D eigenvalue weighted by Gasteiger charge is -2.13. The normalized spacial score (nSPS) is 13.8. The lowest BCUT2D eigenvalue weighted by atomic mass is 10.1. The van der Waals surface area contributed by atoms with E-state index in [1.165, 1.54) is 0 Å². The second-order valence-electron chi connectivity index (χ2n) is 2.23. The average Bonchev–Trinajstić information content (AvgIpc) is 1.64. The first-order valence-corrected chi connectivity index (χ1v) is 2.78. The molecule has 0 aromatic heterocycles. The van der Waals surface area contributed by atoms with Gasteiger partial charge in [-0.1, -0.05) is 13.8 Å². The molecule has 0 spiro atoms. The number of hydrogen-bond donors (Lipinski definition) is 3. The fourth-order valence-corrected chi connectivity index (χ4v) is 0.549. The molecule has 0 aliphatic carbocycles. The Hall–Kier alpha value is -0.610. The molecule has 0 fully saturated rings. The molecule has 0 aliphatic heterocycles. The van der Waals surface area contributed by atoms with E-state index in [0.29, 0.717) is 0 Å². The second-order valence-corrected chi connectivity index (χ2v) is 2.23. The van der Waals surface area contributed by atoms with Gasteiger partial charge in [0, 0.05) is 0 Å². The first kappa shape index (κ1) is 8.39. The van der Waals surface area contributed by atoms with Crippen LogP contribution in [0, 0.1) is 5.92 Å². The van der Waals surface area contributed by atoms with E-state index in [0.717, 1.165) is 0 Å². The molecule has 4 N–H and O–H groups in total. The van der Waals surface area contributed by atoms with Gasteiger partial charge in [-0.3, -0.25) is 10.6 Å². The molecule has 9 heavy (non-hydrogen) atoms. The number of aliphatic carboxylic acids is 1. The van der Waals surface area contributed by atoms with Gasteiger partial charge >= 0.3 is 5.97 Å². The van der Waals surface area contributed by atoms with Gasteiger partial charge in [0.2, 0.25) is 0 Å². The number of nitrogens with two attached hydrogens (primary N) is 1. The summed E-state index contributed by atoms with van der Waals surface area (Å²) in [7, 11) is 0. The highest BCUT2D eigenvalue weighted by Gasteiger charge is 2.18. The fourth-order valence-electron chi connectivity index (χ4n) is 0.549. The maximum atomic E-state index is 10.2. The molecule has 0 aliphatic rings. The Morgan fingerprint density at radius 3 is 2.11 bits per heavy atom. The number of nitrogens with one attached hydrogen (secondary N) is 1. The predicted octanol–water partition coefficient (Wildman–Crippen LogP) is -0.441. The van der Waals surface area contributed by atoms with Crippen LogP contribution in [0.5, 0.6) is 0 Å². The number of hydrazine groups is 1. The molecule has 4 nitrogen and oxygen atoms in total. The zero-order valence-electron chi connectivity index (χ0n) is 5.59. The number of carbonyl (C=O) groups is 1. The van der Waals surface area contributed by atoms with Gasteiger partial charge in [-0.25, -0.2) is 5.43 Å². The first-order valence-electron chi connectivity index (χ1n) is 2.78. The van der Waals surface area contributed by atoms with Gasteiger partial charge in [0.15, 0.2) is 0 Å². The molecule has 0 rings (SSSR count). The van der Waals surface area contributed by atoms with Crippen LogP contribution in [0.2, 0.25) is 0 Å². The lowest BCUT2D eigenvalue weighted by Crippen LogP contribution is -2.44. The first-order chi connectivity index (χ1) is 4.09. The highest BCUT2D eigenvalue weighted by molar-refractivity contribution is 5.73. The minimum Gasteiger partial charge on any atom is -0.480 e. The number of carboxylic acid groups (broad SMARTS) is 1. The Balaban J connectivity index is 3.83. The van der Waals surface area contributed by atoms with Crippen LogP contribution in [-0.4, -0.2) is 17.1 Å². The van der Waals surface area contributed by atoms with Gasteiger partial charge in [0.1, 0.15) is 6.04 Å². The SMILES string of the molecule is CC(C)C(NN)C(=O)O. The maximum Gasteiger partial charge on any atom is 0.322 e. The summed E-state index contributed by atoms with van der Waals surface area (Å²) in [5, 5.41) is 8.40. The van der Waals surface area contributed by atoms with Crippen molar-refractivity contribution in [2.75, 3.05) is 0 Å². The van der Waals surface area contributed by atoms with Gasteiger partial charge < -0.3 is 5.11 Å². The molecule has 0 radical (unpaired) electrons. The topological polar surface area (TPSA) is 75.3 Å². The molecular formula is C5H12N2O2. The number of rotatable bonds is 3. The van der Waals surface area contributed by atoms with Gasteiger partial charge in [0.25, 0.3) is 0 Å². The van der Waals surface area contributed by atoms with Crippen molar-refractivity contribution in [1.82, 2.24) is 5.43 Å². The highest BCUT2D eigenvalue weighted by atomic mass is 16.4. The summed E-state index contributed by atoms with van der Waals surface area (Å²) >= 11 is 0. The maximum absolute atomic E-state index is 10.2. The van der Waals surface area contributed by atoms with E-state index in [2.05, 4.69) is 5.43 Å².